The van der Waals surface area contributed by atoms with E-state index in [1.807, 2.05) is 0 Å². The maximum atomic E-state index is 2.37. The molecule has 13 heavy (non-hydrogen) atoms. The zero-order chi connectivity index (χ0) is 9.94. The molecule has 0 saturated carbocycles. The Bertz CT molecular complexity index is 86.0. The van der Waals surface area contributed by atoms with E-state index in [2.05, 4.69) is 20.8 Å². The molecule has 0 aromatic heterocycles. The molecule has 0 aromatic rings. The molecule has 0 bridgehead atoms. The fourth-order valence-corrected chi connectivity index (χ4v) is 1.65. The van der Waals surface area contributed by atoms with Crippen LogP contribution in [0.25, 0.3) is 0 Å². The molecule has 0 fully saturated rings. The second-order valence-corrected chi connectivity index (χ2v) is 4.42. The zero-order valence-corrected chi connectivity index (χ0v) is 9.94. The van der Waals surface area contributed by atoms with Crippen molar-refractivity contribution in [2.75, 3.05) is 0 Å². The lowest BCUT2D eigenvalue weighted by atomic mass is 10.00. The van der Waals surface area contributed by atoms with E-state index < -0.39 is 0 Å². The summed E-state index contributed by atoms with van der Waals surface area (Å²) >= 11 is 0. The van der Waals surface area contributed by atoms with Gasteiger partial charge in [-0.25, -0.2) is 0 Å². The highest BCUT2D eigenvalue weighted by molar-refractivity contribution is 4.51. The fraction of sp³-hybridized carbons (Fsp3) is 1.00. The molecular formula is C13H28. The topological polar surface area (TPSA) is 0 Å². The lowest BCUT2D eigenvalue weighted by Gasteiger charge is -2.07. The molecule has 0 amide bonds. The highest BCUT2D eigenvalue weighted by Crippen LogP contribution is 2.14. The van der Waals surface area contributed by atoms with Gasteiger partial charge in [-0.3, -0.25) is 0 Å². The van der Waals surface area contributed by atoms with Crippen LogP contribution in [-0.4, -0.2) is 0 Å². The summed E-state index contributed by atoms with van der Waals surface area (Å²) in [5.41, 5.74) is 0. The number of hydrogen-bond acceptors (Lipinski definition) is 0. The molecule has 0 aliphatic rings. The molecule has 0 nitrogen and oxygen atoms in total. The lowest BCUT2D eigenvalue weighted by Crippen LogP contribution is -1.91. The van der Waals surface area contributed by atoms with Gasteiger partial charge in [0.1, 0.15) is 0 Å². The van der Waals surface area contributed by atoms with Crippen molar-refractivity contribution in [2.45, 2.75) is 78.6 Å². The second-order valence-electron chi connectivity index (χ2n) is 4.42. The first kappa shape index (κ1) is 13.0. The Balaban J connectivity index is 2.91. The van der Waals surface area contributed by atoms with E-state index in [0.29, 0.717) is 0 Å². The summed E-state index contributed by atoms with van der Waals surface area (Å²) in [6.07, 6.45) is 12.9. The summed E-state index contributed by atoms with van der Waals surface area (Å²) in [6.45, 7) is 6.95. The van der Waals surface area contributed by atoms with Gasteiger partial charge in [0.2, 0.25) is 0 Å². The monoisotopic (exact) mass is 184 g/mol. The van der Waals surface area contributed by atoms with E-state index >= 15 is 0 Å². The van der Waals surface area contributed by atoms with Crippen LogP contribution in [0.5, 0.6) is 0 Å². The Morgan fingerprint density at radius 3 is 1.85 bits per heavy atom. The summed E-state index contributed by atoms with van der Waals surface area (Å²) < 4.78 is 0. The molecule has 0 N–H and O–H groups in total. The summed E-state index contributed by atoms with van der Waals surface area (Å²) in [7, 11) is 0. The van der Waals surface area contributed by atoms with Crippen LogP contribution in [0.2, 0.25) is 0 Å². The van der Waals surface area contributed by atoms with Crippen LogP contribution < -0.4 is 0 Å². The standard InChI is InChI=1S/C13H28/c1-4-6-7-8-9-10-11-12-13(3)5-2/h13H,4-12H2,1-3H3. The minimum absolute atomic E-state index is 0.954. The second kappa shape index (κ2) is 10.1. The SMILES string of the molecule is CCCCCCCCCC(C)CC. The predicted molar refractivity (Wildman–Crippen MR) is 62.1 cm³/mol. The summed E-state index contributed by atoms with van der Waals surface area (Å²) in [6, 6.07) is 0. The first-order valence-electron chi connectivity index (χ1n) is 6.31. The zero-order valence-electron chi connectivity index (χ0n) is 9.94. The van der Waals surface area contributed by atoms with Gasteiger partial charge in [0.05, 0.1) is 0 Å². The van der Waals surface area contributed by atoms with E-state index in [-0.39, 0.29) is 0 Å². The molecule has 0 heteroatoms. The number of rotatable bonds is 9. The molecule has 0 radical (unpaired) electrons. The molecule has 80 valence electrons. The fourth-order valence-electron chi connectivity index (χ4n) is 1.65. The third kappa shape index (κ3) is 9.92. The van der Waals surface area contributed by atoms with Crippen molar-refractivity contribution >= 4 is 0 Å². The van der Waals surface area contributed by atoms with E-state index in [4.69, 9.17) is 0 Å². The Morgan fingerprint density at radius 2 is 1.31 bits per heavy atom. The Hall–Kier alpha value is 0. The molecule has 0 rings (SSSR count). The van der Waals surface area contributed by atoms with Crippen LogP contribution in [0, 0.1) is 5.92 Å². The molecule has 0 aromatic carbocycles. The van der Waals surface area contributed by atoms with E-state index in [1.165, 1.54) is 57.8 Å². The van der Waals surface area contributed by atoms with Gasteiger partial charge in [0.25, 0.3) is 0 Å². The molecule has 1 atom stereocenters. The molecule has 1 unspecified atom stereocenters. The predicted octanol–water partition coefficient (Wildman–Crippen LogP) is 5.17. The van der Waals surface area contributed by atoms with Crippen molar-refractivity contribution in [3.63, 3.8) is 0 Å². The van der Waals surface area contributed by atoms with Gasteiger partial charge in [-0.15, -0.1) is 0 Å². The molecular weight excluding hydrogens is 156 g/mol. The lowest BCUT2D eigenvalue weighted by molar-refractivity contribution is 0.471. The van der Waals surface area contributed by atoms with Crippen molar-refractivity contribution < 1.29 is 0 Å². The minimum atomic E-state index is 0.954. The van der Waals surface area contributed by atoms with Crippen LogP contribution in [0.3, 0.4) is 0 Å². The van der Waals surface area contributed by atoms with Gasteiger partial charge in [-0.1, -0.05) is 78.6 Å². The van der Waals surface area contributed by atoms with Crippen LogP contribution in [-0.2, 0) is 0 Å². The maximum Gasteiger partial charge on any atom is -0.0445 e. The van der Waals surface area contributed by atoms with Gasteiger partial charge < -0.3 is 0 Å². The van der Waals surface area contributed by atoms with Crippen molar-refractivity contribution in [2.24, 2.45) is 5.92 Å². The smallest absolute Gasteiger partial charge is 0.0445 e. The number of unbranched alkanes of at least 4 members (excludes halogenated alkanes) is 6. The van der Waals surface area contributed by atoms with Gasteiger partial charge in [0.15, 0.2) is 0 Å². The van der Waals surface area contributed by atoms with Gasteiger partial charge in [0, 0.05) is 0 Å². The highest BCUT2D eigenvalue weighted by atomic mass is 14.0. The van der Waals surface area contributed by atoms with Crippen LogP contribution in [0.15, 0.2) is 0 Å². The van der Waals surface area contributed by atoms with E-state index in [0.717, 1.165) is 5.92 Å². The molecule has 0 heterocycles. The van der Waals surface area contributed by atoms with Crippen LogP contribution in [0.1, 0.15) is 78.6 Å². The van der Waals surface area contributed by atoms with E-state index in [9.17, 15) is 0 Å². The summed E-state index contributed by atoms with van der Waals surface area (Å²) in [5, 5.41) is 0. The molecule has 0 aliphatic carbocycles. The molecule has 0 saturated heterocycles. The van der Waals surface area contributed by atoms with Crippen molar-refractivity contribution in [1.29, 1.82) is 0 Å². The largest absolute Gasteiger partial charge is 0.0654 e. The average Bonchev–Trinajstić information content (AvgIpc) is 2.16. The summed E-state index contributed by atoms with van der Waals surface area (Å²) in [4.78, 5) is 0. The average molecular weight is 184 g/mol. The van der Waals surface area contributed by atoms with Gasteiger partial charge in [-0.2, -0.15) is 0 Å². The Morgan fingerprint density at radius 1 is 0.769 bits per heavy atom. The Labute approximate surface area is 85.1 Å². The first-order chi connectivity index (χ1) is 6.31. The highest BCUT2D eigenvalue weighted by Gasteiger charge is 1.97. The van der Waals surface area contributed by atoms with Gasteiger partial charge in [-0.05, 0) is 5.92 Å². The number of hydrogen-bond donors (Lipinski definition) is 0. The van der Waals surface area contributed by atoms with Crippen molar-refractivity contribution in [3.8, 4) is 0 Å². The first-order valence-corrected chi connectivity index (χ1v) is 6.31. The van der Waals surface area contributed by atoms with Crippen LogP contribution >= 0.6 is 0 Å². The third-order valence-electron chi connectivity index (χ3n) is 3.00. The summed E-state index contributed by atoms with van der Waals surface area (Å²) in [5.74, 6) is 0.954. The molecule has 0 spiro atoms. The Kier molecular flexibility index (Phi) is 10.1. The normalized spacial score (nSPS) is 13.2. The maximum absolute atomic E-state index is 2.37. The van der Waals surface area contributed by atoms with Crippen LogP contribution in [0.4, 0.5) is 0 Å². The van der Waals surface area contributed by atoms with Gasteiger partial charge >= 0.3 is 0 Å². The van der Waals surface area contributed by atoms with Crippen molar-refractivity contribution in [3.05, 3.63) is 0 Å². The third-order valence-corrected chi connectivity index (χ3v) is 3.00. The quantitative estimate of drug-likeness (QED) is 0.433. The minimum Gasteiger partial charge on any atom is -0.0654 e. The van der Waals surface area contributed by atoms with Crippen molar-refractivity contribution in [1.82, 2.24) is 0 Å². The van der Waals surface area contributed by atoms with E-state index in [1.54, 1.807) is 0 Å². The molecule has 0 aliphatic heterocycles.